The van der Waals surface area contributed by atoms with Gasteiger partial charge in [-0.05, 0) is 18.6 Å². The molecule has 0 aliphatic carbocycles. The number of anilines is 1. The monoisotopic (exact) mass is 331 g/mol. The maximum atomic E-state index is 5.67. The van der Waals surface area contributed by atoms with Gasteiger partial charge in [0.1, 0.15) is 0 Å². The minimum atomic E-state index is 0.364. The summed E-state index contributed by atoms with van der Waals surface area (Å²) in [7, 11) is 0. The average molecular weight is 331 g/mol. The molecule has 1 aromatic carbocycles. The van der Waals surface area contributed by atoms with E-state index >= 15 is 0 Å². The van der Waals surface area contributed by atoms with E-state index in [0.717, 1.165) is 43.0 Å². The molecule has 0 saturated heterocycles. The van der Waals surface area contributed by atoms with Crippen molar-refractivity contribution in [3.63, 3.8) is 0 Å². The van der Waals surface area contributed by atoms with Crippen LogP contribution in [0.4, 0.5) is 5.95 Å². The van der Waals surface area contributed by atoms with Crippen LogP contribution in [0, 0.1) is 6.92 Å². The maximum Gasteiger partial charge on any atom is 0.220 e. The summed E-state index contributed by atoms with van der Waals surface area (Å²) in [5, 5.41) is 0. The van der Waals surface area contributed by atoms with Crippen molar-refractivity contribution < 1.29 is 0 Å². The molecule has 0 bridgehead atoms. The molecule has 3 heterocycles. The molecular weight excluding hydrogens is 310 g/mol. The summed E-state index contributed by atoms with van der Waals surface area (Å²) >= 11 is 0. The molecule has 3 aromatic rings. The minimum absolute atomic E-state index is 0.364. The molecule has 5 nitrogen and oxygen atoms in total. The van der Waals surface area contributed by atoms with Gasteiger partial charge in [-0.25, -0.2) is 9.97 Å². The number of rotatable bonds is 3. The number of aromatic nitrogens is 3. The third-order valence-corrected chi connectivity index (χ3v) is 4.61. The van der Waals surface area contributed by atoms with Gasteiger partial charge in [0, 0.05) is 49.6 Å². The van der Waals surface area contributed by atoms with Crippen LogP contribution in [-0.4, -0.2) is 26.4 Å². The van der Waals surface area contributed by atoms with E-state index in [1.165, 1.54) is 16.7 Å². The number of nitrogens with zero attached hydrogens (tertiary/aromatic N) is 4. The van der Waals surface area contributed by atoms with Gasteiger partial charge in [0.25, 0.3) is 0 Å². The molecule has 0 spiro atoms. The average Bonchev–Trinajstić information content (AvgIpc) is 2.63. The molecule has 2 N–H and O–H groups in total. The Morgan fingerprint density at radius 3 is 2.64 bits per heavy atom. The largest absolute Gasteiger partial charge is 0.368 e. The lowest BCUT2D eigenvalue weighted by Crippen LogP contribution is -2.31. The lowest BCUT2D eigenvalue weighted by Gasteiger charge is -2.27. The lowest BCUT2D eigenvalue weighted by molar-refractivity contribution is 0.243. The van der Waals surface area contributed by atoms with Gasteiger partial charge >= 0.3 is 0 Å². The second kappa shape index (κ2) is 6.61. The van der Waals surface area contributed by atoms with Crippen LogP contribution < -0.4 is 5.73 Å². The first-order chi connectivity index (χ1) is 12.2. The zero-order valence-electron chi connectivity index (χ0n) is 14.3. The van der Waals surface area contributed by atoms with Crippen LogP contribution in [-0.2, 0) is 19.5 Å². The van der Waals surface area contributed by atoms with Crippen molar-refractivity contribution in [2.75, 3.05) is 12.3 Å². The Labute approximate surface area is 147 Å². The second-order valence-corrected chi connectivity index (χ2v) is 6.58. The summed E-state index contributed by atoms with van der Waals surface area (Å²) < 4.78 is 0. The zero-order chi connectivity index (χ0) is 17.2. The Bertz CT molecular complexity index is 872. The highest BCUT2D eigenvalue weighted by molar-refractivity contribution is 5.59. The standard InChI is InChI=1S/C20H21N5/c1-14-2-5-16(6-3-14)18-7-4-15(10-22-18)12-25-9-8-19-17(13-25)11-23-20(21)24-19/h2-7,10-11H,8-9,12-13H2,1H3,(H2,21,23,24). The lowest BCUT2D eigenvalue weighted by atomic mass is 10.1. The van der Waals surface area contributed by atoms with Crippen molar-refractivity contribution in [2.45, 2.75) is 26.4 Å². The van der Waals surface area contributed by atoms with Crippen LogP contribution >= 0.6 is 0 Å². The molecule has 0 fully saturated rings. The SMILES string of the molecule is Cc1ccc(-c2ccc(CN3CCc4nc(N)ncc4C3)cn2)cc1. The topological polar surface area (TPSA) is 67.9 Å². The van der Waals surface area contributed by atoms with Crippen molar-refractivity contribution in [1.82, 2.24) is 19.9 Å². The Morgan fingerprint density at radius 1 is 1.04 bits per heavy atom. The van der Waals surface area contributed by atoms with Crippen LogP contribution in [0.2, 0.25) is 0 Å². The van der Waals surface area contributed by atoms with E-state index in [9.17, 15) is 0 Å². The number of hydrogen-bond acceptors (Lipinski definition) is 5. The third kappa shape index (κ3) is 3.51. The van der Waals surface area contributed by atoms with Gasteiger partial charge in [0.15, 0.2) is 0 Å². The molecular formula is C20H21N5. The van der Waals surface area contributed by atoms with Crippen molar-refractivity contribution in [3.8, 4) is 11.3 Å². The molecule has 2 aromatic heterocycles. The first-order valence-electron chi connectivity index (χ1n) is 8.52. The van der Waals surface area contributed by atoms with Crippen LogP contribution in [0.3, 0.4) is 0 Å². The fourth-order valence-electron chi connectivity index (χ4n) is 3.20. The number of hydrogen-bond donors (Lipinski definition) is 1. The fraction of sp³-hybridized carbons (Fsp3) is 0.250. The van der Waals surface area contributed by atoms with Gasteiger partial charge in [-0.15, -0.1) is 0 Å². The predicted octanol–water partition coefficient (Wildman–Crippen LogP) is 2.99. The van der Waals surface area contributed by atoms with Crippen LogP contribution in [0.15, 0.2) is 48.8 Å². The van der Waals surface area contributed by atoms with E-state index in [2.05, 4.69) is 63.2 Å². The molecule has 1 aliphatic rings. The van der Waals surface area contributed by atoms with Gasteiger partial charge in [0.2, 0.25) is 5.95 Å². The normalized spacial score (nSPS) is 14.3. The van der Waals surface area contributed by atoms with E-state index in [4.69, 9.17) is 5.73 Å². The number of aryl methyl sites for hydroxylation is 1. The number of benzene rings is 1. The number of pyridine rings is 1. The Balaban J connectivity index is 1.45. The van der Waals surface area contributed by atoms with E-state index in [1.807, 2.05) is 12.4 Å². The Morgan fingerprint density at radius 2 is 1.88 bits per heavy atom. The molecule has 126 valence electrons. The summed E-state index contributed by atoms with van der Waals surface area (Å²) in [6.45, 7) is 4.81. The van der Waals surface area contributed by atoms with Crippen molar-refractivity contribution in [2.24, 2.45) is 0 Å². The zero-order valence-corrected chi connectivity index (χ0v) is 14.3. The highest BCUT2D eigenvalue weighted by atomic mass is 15.1. The number of nitrogen functional groups attached to an aromatic ring is 1. The highest BCUT2D eigenvalue weighted by Crippen LogP contribution is 2.21. The van der Waals surface area contributed by atoms with Crippen LogP contribution in [0.25, 0.3) is 11.3 Å². The number of nitrogens with two attached hydrogens (primary N) is 1. The van der Waals surface area contributed by atoms with Crippen molar-refractivity contribution >= 4 is 5.95 Å². The summed E-state index contributed by atoms with van der Waals surface area (Å²) in [4.78, 5) is 15.5. The molecule has 0 radical (unpaired) electrons. The quantitative estimate of drug-likeness (QED) is 0.799. The van der Waals surface area contributed by atoms with Gasteiger partial charge in [-0.2, -0.15) is 0 Å². The molecule has 4 rings (SSSR count). The Hall–Kier alpha value is -2.79. The molecule has 0 unspecified atom stereocenters. The van der Waals surface area contributed by atoms with Gasteiger partial charge in [-0.1, -0.05) is 35.9 Å². The maximum absolute atomic E-state index is 5.67. The molecule has 25 heavy (non-hydrogen) atoms. The smallest absolute Gasteiger partial charge is 0.220 e. The molecule has 0 atom stereocenters. The first kappa shape index (κ1) is 15.7. The Kier molecular flexibility index (Phi) is 4.15. The molecule has 0 amide bonds. The first-order valence-corrected chi connectivity index (χ1v) is 8.52. The summed E-state index contributed by atoms with van der Waals surface area (Å²) in [6, 6.07) is 12.7. The summed E-state index contributed by atoms with van der Waals surface area (Å²) in [5.74, 6) is 0.364. The van der Waals surface area contributed by atoms with Crippen molar-refractivity contribution in [3.05, 3.63) is 71.2 Å². The minimum Gasteiger partial charge on any atom is -0.368 e. The van der Waals surface area contributed by atoms with Gasteiger partial charge in [-0.3, -0.25) is 9.88 Å². The van der Waals surface area contributed by atoms with E-state index in [0.29, 0.717) is 5.95 Å². The van der Waals surface area contributed by atoms with Gasteiger partial charge < -0.3 is 5.73 Å². The predicted molar refractivity (Wildman–Crippen MR) is 98.7 cm³/mol. The third-order valence-electron chi connectivity index (χ3n) is 4.61. The van der Waals surface area contributed by atoms with E-state index in [-0.39, 0.29) is 0 Å². The van der Waals surface area contributed by atoms with Crippen LogP contribution in [0.5, 0.6) is 0 Å². The van der Waals surface area contributed by atoms with Gasteiger partial charge in [0.05, 0.1) is 11.4 Å². The number of fused-ring (bicyclic) bond motifs is 1. The van der Waals surface area contributed by atoms with Crippen LogP contribution in [0.1, 0.15) is 22.4 Å². The fourth-order valence-corrected chi connectivity index (χ4v) is 3.20. The van der Waals surface area contributed by atoms with E-state index < -0.39 is 0 Å². The molecule has 5 heteroatoms. The van der Waals surface area contributed by atoms with Crippen molar-refractivity contribution in [1.29, 1.82) is 0 Å². The second-order valence-electron chi connectivity index (χ2n) is 6.58. The molecule has 0 saturated carbocycles. The summed E-state index contributed by atoms with van der Waals surface area (Å²) in [6.07, 6.45) is 4.74. The summed E-state index contributed by atoms with van der Waals surface area (Å²) in [5.41, 5.74) is 12.6. The van der Waals surface area contributed by atoms with E-state index in [1.54, 1.807) is 0 Å². The molecule has 1 aliphatic heterocycles. The highest BCUT2D eigenvalue weighted by Gasteiger charge is 2.18.